The summed E-state index contributed by atoms with van der Waals surface area (Å²) in [6.45, 7) is 0.662. The largest absolute Gasteiger partial charge is 0.481 e. The Bertz CT molecular complexity index is 525. The van der Waals surface area contributed by atoms with Crippen LogP contribution in [-0.2, 0) is 4.79 Å². The Labute approximate surface area is 120 Å². The van der Waals surface area contributed by atoms with E-state index in [1.807, 2.05) is 12.1 Å². The van der Waals surface area contributed by atoms with E-state index in [0.29, 0.717) is 12.1 Å². The lowest BCUT2D eigenvalue weighted by Gasteiger charge is -2.17. The van der Waals surface area contributed by atoms with Crippen molar-refractivity contribution in [2.24, 2.45) is 11.8 Å². The summed E-state index contributed by atoms with van der Waals surface area (Å²) in [6, 6.07) is 7.53. The van der Waals surface area contributed by atoms with Crippen molar-refractivity contribution in [2.45, 2.75) is 19.3 Å². The molecule has 2 unspecified atom stereocenters. The molecule has 1 aromatic carbocycles. The topological polar surface area (TPSA) is 73.1 Å². The number of carboxylic acid groups (broad SMARTS) is 1. The Hall–Kier alpha value is -1.54. The highest BCUT2D eigenvalue weighted by atomic mass is 79.9. The van der Waals surface area contributed by atoms with Gasteiger partial charge in [-0.1, -0.05) is 6.42 Å². The van der Waals surface area contributed by atoms with Crippen LogP contribution in [0.15, 0.2) is 22.7 Å². The minimum atomic E-state index is -0.690. The first kappa shape index (κ1) is 13.9. The summed E-state index contributed by atoms with van der Waals surface area (Å²) in [7, 11) is 0. The minimum Gasteiger partial charge on any atom is -0.481 e. The van der Waals surface area contributed by atoms with Crippen LogP contribution in [0.1, 0.15) is 24.8 Å². The number of carboxylic acids is 1. The van der Waals surface area contributed by atoms with E-state index in [0.717, 1.165) is 29.4 Å². The maximum absolute atomic E-state index is 11.1. The monoisotopic (exact) mass is 322 g/mol. The highest BCUT2D eigenvalue weighted by Gasteiger charge is 2.32. The number of hydrogen-bond donors (Lipinski definition) is 2. The van der Waals surface area contributed by atoms with Gasteiger partial charge in [0.2, 0.25) is 0 Å². The fraction of sp³-hybridized carbons (Fsp3) is 0.429. The first-order chi connectivity index (χ1) is 9.11. The van der Waals surface area contributed by atoms with Gasteiger partial charge in [-0.3, -0.25) is 4.79 Å². The van der Waals surface area contributed by atoms with Gasteiger partial charge in [0.25, 0.3) is 0 Å². The molecule has 19 heavy (non-hydrogen) atoms. The molecule has 0 heterocycles. The molecule has 2 atom stereocenters. The molecule has 0 amide bonds. The molecule has 0 radical (unpaired) electrons. The Morgan fingerprint density at radius 2 is 2.32 bits per heavy atom. The highest BCUT2D eigenvalue weighted by Crippen LogP contribution is 2.32. The number of rotatable bonds is 4. The number of halogens is 1. The van der Waals surface area contributed by atoms with E-state index in [2.05, 4.69) is 27.3 Å². The molecule has 1 fully saturated rings. The maximum atomic E-state index is 11.1. The van der Waals surface area contributed by atoms with Crippen molar-refractivity contribution in [1.82, 2.24) is 0 Å². The Kier molecular flexibility index (Phi) is 4.43. The quantitative estimate of drug-likeness (QED) is 0.892. The number of nitriles is 1. The third kappa shape index (κ3) is 3.27. The first-order valence-corrected chi connectivity index (χ1v) is 7.07. The Morgan fingerprint density at radius 1 is 1.53 bits per heavy atom. The van der Waals surface area contributed by atoms with Crippen molar-refractivity contribution in [3.8, 4) is 6.07 Å². The summed E-state index contributed by atoms with van der Waals surface area (Å²) in [4.78, 5) is 11.1. The highest BCUT2D eigenvalue weighted by molar-refractivity contribution is 9.10. The summed E-state index contributed by atoms with van der Waals surface area (Å²) in [6.07, 6.45) is 2.72. The van der Waals surface area contributed by atoms with Gasteiger partial charge in [-0.05, 0) is 52.9 Å². The second-order valence-corrected chi connectivity index (χ2v) is 5.68. The molecule has 1 saturated carbocycles. The number of hydrogen-bond acceptors (Lipinski definition) is 3. The average Bonchev–Trinajstić information content (AvgIpc) is 2.85. The molecule has 1 aliphatic rings. The molecule has 2 rings (SSSR count). The van der Waals surface area contributed by atoms with Crippen molar-refractivity contribution in [2.75, 3.05) is 11.9 Å². The fourth-order valence-electron chi connectivity index (χ4n) is 2.57. The van der Waals surface area contributed by atoms with Gasteiger partial charge in [0, 0.05) is 16.7 Å². The summed E-state index contributed by atoms with van der Waals surface area (Å²) in [5.74, 6) is -0.730. The molecule has 100 valence electrons. The average molecular weight is 323 g/mol. The van der Waals surface area contributed by atoms with Crippen LogP contribution < -0.4 is 5.32 Å². The van der Waals surface area contributed by atoms with Crippen molar-refractivity contribution in [3.05, 3.63) is 28.2 Å². The van der Waals surface area contributed by atoms with Crippen molar-refractivity contribution in [3.63, 3.8) is 0 Å². The first-order valence-electron chi connectivity index (χ1n) is 6.28. The van der Waals surface area contributed by atoms with Gasteiger partial charge in [-0.25, -0.2) is 0 Å². The van der Waals surface area contributed by atoms with Crippen LogP contribution in [0.2, 0.25) is 0 Å². The molecule has 1 aliphatic carbocycles. The number of benzene rings is 1. The van der Waals surface area contributed by atoms with Crippen LogP contribution in [0.5, 0.6) is 0 Å². The van der Waals surface area contributed by atoms with Crippen LogP contribution in [0.4, 0.5) is 5.69 Å². The molecule has 0 aromatic heterocycles. The summed E-state index contributed by atoms with van der Waals surface area (Å²) in [5.41, 5.74) is 1.50. The Balaban J connectivity index is 1.97. The Morgan fingerprint density at radius 3 is 2.95 bits per heavy atom. The lowest BCUT2D eigenvalue weighted by Crippen LogP contribution is -2.24. The number of nitrogens with one attached hydrogen (secondary N) is 1. The molecule has 2 N–H and O–H groups in total. The smallest absolute Gasteiger partial charge is 0.306 e. The lowest BCUT2D eigenvalue weighted by atomic mass is 9.96. The van der Waals surface area contributed by atoms with Crippen molar-refractivity contribution in [1.29, 1.82) is 5.26 Å². The lowest BCUT2D eigenvalue weighted by molar-refractivity contribution is -0.142. The van der Waals surface area contributed by atoms with E-state index in [1.165, 1.54) is 0 Å². The third-order valence-electron chi connectivity index (χ3n) is 3.63. The summed E-state index contributed by atoms with van der Waals surface area (Å²) in [5, 5.41) is 21.2. The SMILES string of the molecule is N#Cc1ccc(NCC2CCCC2C(=O)O)cc1Br. The molecule has 0 bridgehead atoms. The van der Waals surface area contributed by atoms with Gasteiger partial charge in [-0.2, -0.15) is 5.26 Å². The zero-order chi connectivity index (χ0) is 13.8. The third-order valence-corrected chi connectivity index (χ3v) is 4.29. The number of nitrogens with zero attached hydrogens (tertiary/aromatic N) is 1. The summed E-state index contributed by atoms with van der Waals surface area (Å²) < 4.78 is 0.751. The van der Waals surface area contributed by atoms with E-state index in [-0.39, 0.29) is 11.8 Å². The van der Waals surface area contributed by atoms with E-state index in [4.69, 9.17) is 10.4 Å². The molecule has 0 spiro atoms. The second kappa shape index (κ2) is 6.07. The van der Waals surface area contributed by atoms with Crippen LogP contribution in [0.3, 0.4) is 0 Å². The van der Waals surface area contributed by atoms with E-state index in [1.54, 1.807) is 6.07 Å². The maximum Gasteiger partial charge on any atom is 0.306 e. The number of aliphatic carboxylic acids is 1. The molecular weight excluding hydrogens is 308 g/mol. The zero-order valence-electron chi connectivity index (χ0n) is 10.4. The van der Waals surface area contributed by atoms with Crippen molar-refractivity contribution >= 4 is 27.6 Å². The standard InChI is InChI=1S/C14H15BrN2O2/c15-13-6-11(5-4-9(13)7-16)17-8-10-2-1-3-12(10)14(18)19/h4-6,10,12,17H,1-3,8H2,(H,18,19). The molecule has 0 saturated heterocycles. The normalized spacial score (nSPS) is 21.9. The minimum absolute atomic E-state index is 0.187. The molecule has 0 aliphatic heterocycles. The van der Waals surface area contributed by atoms with Gasteiger partial charge >= 0.3 is 5.97 Å². The van der Waals surface area contributed by atoms with E-state index in [9.17, 15) is 4.79 Å². The second-order valence-electron chi connectivity index (χ2n) is 4.82. The van der Waals surface area contributed by atoms with E-state index >= 15 is 0 Å². The number of carbonyl (C=O) groups is 1. The van der Waals surface area contributed by atoms with Gasteiger partial charge in [0.1, 0.15) is 6.07 Å². The summed E-state index contributed by atoms with van der Waals surface area (Å²) >= 11 is 3.34. The molecular formula is C14H15BrN2O2. The number of anilines is 1. The zero-order valence-corrected chi connectivity index (χ0v) is 12.0. The molecule has 1 aromatic rings. The van der Waals surface area contributed by atoms with Crippen LogP contribution in [0.25, 0.3) is 0 Å². The fourth-order valence-corrected chi connectivity index (χ4v) is 3.04. The molecule has 5 heteroatoms. The van der Waals surface area contributed by atoms with Crippen LogP contribution >= 0.6 is 15.9 Å². The van der Waals surface area contributed by atoms with Gasteiger partial charge in [0.15, 0.2) is 0 Å². The van der Waals surface area contributed by atoms with Gasteiger partial charge < -0.3 is 10.4 Å². The predicted molar refractivity (Wildman–Crippen MR) is 75.8 cm³/mol. The predicted octanol–water partition coefficient (Wildman–Crippen LogP) is 3.23. The van der Waals surface area contributed by atoms with Gasteiger partial charge in [-0.15, -0.1) is 0 Å². The van der Waals surface area contributed by atoms with Gasteiger partial charge in [0.05, 0.1) is 11.5 Å². The van der Waals surface area contributed by atoms with E-state index < -0.39 is 5.97 Å². The molecule has 4 nitrogen and oxygen atoms in total. The van der Waals surface area contributed by atoms with Crippen LogP contribution in [0, 0.1) is 23.2 Å². The van der Waals surface area contributed by atoms with Crippen LogP contribution in [-0.4, -0.2) is 17.6 Å². The van der Waals surface area contributed by atoms with Crippen molar-refractivity contribution < 1.29 is 9.90 Å².